The third-order valence-corrected chi connectivity index (χ3v) is 8.01. The molecule has 1 saturated heterocycles. The number of aromatic nitrogens is 5. The monoisotopic (exact) mass is 472 g/mol. The Morgan fingerprint density at radius 2 is 2.00 bits per heavy atom. The van der Waals surface area contributed by atoms with E-state index in [1.165, 1.54) is 31.5 Å². The zero-order valence-corrected chi connectivity index (χ0v) is 19.2. The normalized spacial score (nSPS) is 23.5. The summed E-state index contributed by atoms with van der Waals surface area (Å²) in [5, 5.41) is 13.9. The van der Waals surface area contributed by atoms with E-state index >= 15 is 0 Å². The SMILES string of the molecule is Cn1nccc1-c1nnc(SCCCN2C[C@@H]3CC3(c3ccc(Br)cc3)C2)n1C. The van der Waals surface area contributed by atoms with Crippen LogP contribution >= 0.6 is 27.7 Å². The van der Waals surface area contributed by atoms with Crippen LogP contribution in [0.4, 0.5) is 0 Å². The highest BCUT2D eigenvalue weighted by Crippen LogP contribution is 2.59. The van der Waals surface area contributed by atoms with E-state index in [9.17, 15) is 0 Å². The van der Waals surface area contributed by atoms with E-state index in [4.69, 9.17) is 0 Å². The molecular formula is C21H25BrN6S. The van der Waals surface area contributed by atoms with Gasteiger partial charge in [-0.25, -0.2) is 0 Å². The molecule has 2 fully saturated rings. The average molecular weight is 473 g/mol. The average Bonchev–Trinajstić information content (AvgIpc) is 3.02. The molecule has 1 unspecified atom stereocenters. The number of thioether (sulfide) groups is 1. The quantitative estimate of drug-likeness (QED) is 0.387. The molecule has 2 aliphatic rings. The first-order chi connectivity index (χ1) is 14.1. The molecule has 0 amide bonds. The lowest BCUT2D eigenvalue weighted by Crippen LogP contribution is -2.27. The van der Waals surface area contributed by atoms with Gasteiger partial charge in [0.1, 0.15) is 5.69 Å². The lowest BCUT2D eigenvalue weighted by Gasteiger charge is -2.21. The molecule has 2 atom stereocenters. The number of fused-ring (bicyclic) bond motifs is 1. The smallest absolute Gasteiger partial charge is 0.191 e. The first kappa shape index (κ1) is 19.3. The number of aryl methyl sites for hydroxylation is 1. The van der Waals surface area contributed by atoms with Crippen molar-refractivity contribution in [3.63, 3.8) is 0 Å². The largest absolute Gasteiger partial charge is 0.304 e. The Labute approximate surface area is 183 Å². The van der Waals surface area contributed by atoms with Gasteiger partial charge in [0.2, 0.25) is 0 Å². The van der Waals surface area contributed by atoms with Crippen LogP contribution in [0.5, 0.6) is 0 Å². The molecule has 3 aromatic rings. The van der Waals surface area contributed by atoms with E-state index in [1.807, 2.05) is 24.8 Å². The Balaban J connectivity index is 1.13. The second-order valence-corrected chi connectivity index (χ2v) is 10.2. The fourth-order valence-corrected chi connectivity index (χ4v) is 5.79. The Bertz CT molecular complexity index is 1010. The maximum Gasteiger partial charge on any atom is 0.191 e. The zero-order valence-electron chi connectivity index (χ0n) is 16.8. The summed E-state index contributed by atoms with van der Waals surface area (Å²) >= 11 is 5.34. The minimum absolute atomic E-state index is 0.426. The highest BCUT2D eigenvalue weighted by molar-refractivity contribution is 9.10. The maximum absolute atomic E-state index is 4.38. The van der Waals surface area contributed by atoms with Crippen molar-refractivity contribution in [3.05, 3.63) is 46.6 Å². The molecule has 29 heavy (non-hydrogen) atoms. The standard InChI is InChI=1S/C21H25BrN6S/c1-26-19(18-8-9-23-27(18)2)24-25-20(26)29-11-3-10-28-13-16-12-21(16,14-28)15-4-6-17(22)7-5-15/h4-9,16H,3,10-14H2,1-2H3/t16-,21?/m0/s1. The fraction of sp³-hybridized carbons (Fsp3) is 0.476. The molecule has 5 rings (SSSR count). The van der Waals surface area contributed by atoms with Crippen LogP contribution in [0.15, 0.2) is 46.2 Å². The minimum Gasteiger partial charge on any atom is -0.304 e. The lowest BCUT2D eigenvalue weighted by atomic mass is 9.95. The number of halogens is 1. The molecule has 152 valence electrons. The van der Waals surface area contributed by atoms with Gasteiger partial charge in [-0.3, -0.25) is 4.68 Å². The van der Waals surface area contributed by atoms with Gasteiger partial charge in [-0.15, -0.1) is 10.2 Å². The van der Waals surface area contributed by atoms with E-state index in [2.05, 4.69) is 65.0 Å². The number of hydrogen-bond donors (Lipinski definition) is 0. The summed E-state index contributed by atoms with van der Waals surface area (Å²) in [6.07, 6.45) is 4.32. The van der Waals surface area contributed by atoms with E-state index in [0.717, 1.165) is 39.4 Å². The van der Waals surface area contributed by atoms with Crippen molar-refractivity contribution in [1.29, 1.82) is 0 Å². The van der Waals surface area contributed by atoms with Gasteiger partial charge in [0.15, 0.2) is 11.0 Å². The van der Waals surface area contributed by atoms with Crippen LogP contribution < -0.4 is 0 Å². The Kier molecular flexibility index (Phi) is 5.04. The summed E-state index contributed by atoms with van der Waals surface area (Å²) in [6.45, 7) is 3.61. The predicted octanol–water partition coefficient (Wildman–Crippen LogP) is 3.73. The third kappa shape index (κ3) is 3.55. The van der Waals surface area contributed by atoms with Crippen LogP contribution in [0, 0.1) is 5.92 Å². The summed E-state index contributed by atoms with van der Waals surface area (Å²) in [6, 6.07) is 10.9. The molecular weight excluding hydrogens is 448 g/mol. The molecule has 1 aliphatic carbocycles. The van der Waals surface area contributed by atoms with Crippen molar-refractivity contribution >= 4 is 27.7 Å². The Morgan fingerprint density at radius 3 is 2.76 bits per heavy atom. The van der Waals surface area contributed by atoms with Gasteiger partial charge < -0.3 is 9.47 Å². The number of likely N-dealkylation sites (tertiary alicyclic amines) is 1. The molecule has 8 heteroatoms. The molecule has 3 heterocycles. The summed E-state index contributed by atoms with van der Waals surface area (Å²) in [7, 11) is 3.96. The Hall–Kier alpha value is -1.64. The molecule has 0 bridgehead atoms. The molecule has 0 spiro atoms. The first-order valence-electron chi connectivity index (χ1n) is 10.1. The van der Waals surface area contributed by atoms with Gasteiger partial charge in [-0.1, -0.05) is 39.8 Å². The van der Waals surface area contributed by atoms with Crippen LogP contribution in [-0.2, 0) is 19.5 Å². The number of piperidine rings is 1. The summed E-state index contributed by atoms with van der Waals surface area (Å²) in [5.41, 5.74) is 2.93. The number of benzene rings is 1. The van der Waals surface area contributed by atoms with Crippen molar-refractivity contribution in [2.45, 2.75) is 23.4 Å². The fourth-order valence-electron chi connectivity index (χ4n) is 4.69. The third-order valence-electron chi connectivity index (χ3n) is 6.37. The van der Waals surface area contributed by atoms with Crippen LogP contribution in [0.25, 0.3) is 11.5 Å². The van der Waals surface area contributed by atoms with Crippen LogP contribution in [0.2, 0.25) is 0 Å². The second kappa shape index (κ2) is 7.56. The number of hydrogen-bond acceptors (Lipinski definition) is 5. The summed E-state index contributed by atoms with van der Waals surface area (Å²) in [5.74, 6) is 2.77. The predicted molar refractivity (Wildman–Crippen MR) is 119 cm³/mol. The minimum atomic E-state index is 0.426. The molecule has 2 aromatic heterocycles. The highest BCUT2D eigenvalue weighted by atomic mass is 79.9. The van der Waals surface area contributed by atoms with Crippen LogP contribution in [0.1, 0.15) is 18.4 Å². The van der Waals surface area contributed by atoms with Gasteiger partial charge in [-0.05, 0) is 49.1 Å². The van der Waals surface area contributed by atoms with Crippen molar-refractivity contribution in [2.75, 3.05) is 25.4 Å². The molecule has 1 saturated carbocycles. The van der Waals surface area contributed by atoms with Crippen molar-refractivity contribution in [2.24, 2.45) is 20.0 Å². The molecule has 0 radical (unpaired) electrons. The summed E-state index contributed by atoms with van der Waals surface area (Å²) in [4.78, 5) is 2.65. The van der Waals surface area contributed by atoms with Crippen molar-refractivity contribution in [1.82, 2.24) is 29.4 Å². The van der Waals surface area contributed by atoms with Gasteiger partial charge in [0.05, 0.1) is 0 Å². The van der Waals surface area contributed by atoms with Gasteiger partial charge >= 0.3 is 0 Å². The van der Waals surface area contributed by atoms with E-state index in [0.29, 0.717) is 5.41 Å². The molecule has 1 aliphatic heterocycles. The maximum atomic E-state index is 4.38. The first-order valence-corrected chi connectivity index (χ1v) is 11.8. The molecule has 0 N–H and O–H groups in total. The van der Waals surface area contributed by atoms with Gasteiger partial charge in [-0.2, -0.15) is 5.10 Å². The van der Waals surface area contributed by atoms with E-state index in [-0.39, 0.29) is 0 Å². The molecule has 6 nitrogen and oxygen atoms in total. The molecule has 1 aromatic carbocycles. The van der Waals surface area contributed by atoms with Crippen LogP contribution in [-0.4, -0.2) is 54.8 Å². The van der Waals surface area contributed by atoms with Gasteiger partial charge in [0, 0.05) is 49.0 Å². The second-order valence-electron chi connectivity index (χ2n) is 8.21. The van der Waals surface area contributed by atoms with Crippen molar-refractivity contribution in [3.8, 4) is 11.5 Å². The van der Waals surface area contributed by atoms with Crippen molar-refractivity contribution < 1.29 is 0 Å². The van der Waals surface area contributed by atoms with Gasteiger partial charge in [0.25, 0.3) is 0 Å². The Morgan fingerprint density at radius 1 is 1.17 bits per heavy atom. The number of nitrogens with zero attached hydrogens (tertiary/aromatic N) is 6. The number of rotatable bonds is 7. The lowest BCUT2D eigenvalue weighted by molar-refractivity contribution is 0.299. The highest BCUT2D eigenvalue weighted by Gasteiger charge is 2.60. The summed E-state index contributed by atoms with van der Waals surface area (Å²) < 4.78 is 5.06. The van der Waals surface area contributed by atoms with E-state index < -0.39 is 0 Å². The van der Waals surface area contributed by atoms with Crippen LogP contribution in [0.3, 0.4) is 0 Å². The topological polar surface area (TPSA) is 51.8 Å². The van der Waals surface area contributed by atoms with E-state index in [1.54, 1.807) is 18.0 Å². The zero-order chi connectivity index (χ0) is 20.0.